The third kappa shape index (κ3) is 4.63. The van der Waals surface area contributed by atoms with Gasteiger partial charge in [-0.15, -0.1) is 0 Å². The molecule has 1 atom stereocenters. The van der Waals surface area contributed by atoms with E-state index in [1.165, 1.54) is 6.92 Å². The van der Waals surface area contributed by atoms with Crippen LogP contribution < -0.4 is 5.32 Å². The Bertz CT molecular complexity index is 524. The monoisotopic (exact) mass is 288 g/mol. The van der Waals surface area contributed by atoms with Crippen LogP contribution in [0.1, 0.15) is 25.3 Å². The molecule has 2 amide bonds. The van der Waals surface area contributed by atoms with Gasteiger partial charge >= 0.3 is 12.0 Å². The molecule has 2 N–H and O–H groups in total. The number of urea groups is 1. The average Bonchev–Trinajstić information content (AvgIpc) is 3.29. The molecule has 0 saturated heterocycles. The van der Waals surface area contributed by atoms with Gasteiger partial charge in [0.05, 0.1) is 0 Å². The molecule has 0 bridgehead atoms. The van der Waals surface area contributed by atoms with Crippen molar-refractivity contribution in [3.8, 4) is 0 Å². The second-order valence-corrected chi connectivity index (χ2v) is 5.21. The molecule has 0 heterocycles. The summed E-state index contributed by atoms with van der Waals surface area (Å²) in [5.74, 6) is -1.03. The fourth-order valence-electron chi connectivity index (χ4n) is 1.98. The smallest absolute Gasteiger partial charge is 0.325 e. The molecule has 0 aliphatic heterocycles. The van der Waals surface area contributed by atoms with E-state index in [9.17, 15) is 9.59 Å². The maximum atomic E-state index is 12.1. The molecule has 0 aromatic heterocycles. The Morgan fingerprint density at radius 1 is 1.38 bits per heavy atom. The molecule has 1 aromatic rings. The molecule has 0 spiro atoms. The molecule has 21 heavy (non-hydrogen) atoms. The van der Waals surface area contributed by atoms with Crippen molar-refractivity contribution in [2.24, 2.45) is 0 Å². The molecular weight excluding hydrogens is 268 g/mol. The Morgan fingerprint density at radius 2 is 2.05 bits per heavy atom. The van der Waals surface area contributed by atoms with Gasteiger partial charge in [0, 0.05) is 12.6 Å². The Morgan fingerprint density at radius 3 is 2.62 bits per heavy atom. The number of benzene rings is 1. The van der Waals surface area contributed by atoms with E-state index in [4.69, 9.17) is 5.11 Å². The summed E-state index contributed by atoms with van der Waals surface area (Å²) in [6.07, 6.45) is 5.85. The van der Waals surface area contributed by atoms with Crippen molar-refractivity contribution in [1.82, 2.24) is 10.2 Å². The summed E-state index contributed by atoms with van der Waals surface area (Å²) in [7, 11) is 0. The number of nitrogens with one attached hydrogen (secondary N) is 1. The van der Waals surface area contributed by atoms with Gasteiger partial charge in [-0.05, 0) is 25.3 Å². The van der Waals surface area contributed by atoms with Crippen LogP contribution in [-0.2, 0) is 4.79 Å². The van der Waals surface area contributed by atoms with Crippen LogP contribution in [0.15, 0.2) is 36.4 Å². The number of carboxylic acids is 1. The van der Waals surface area contributed by atoms with Gasteiger partial charge in [0.25, 0.3) is 0 Å². The second-order valence-electron chi connectivity index (χ2n) is 5.21. The molecular formula is C16H20N2O3. The zero-order chi connectivity index (χ0) is 15.2. The zero-order valence-corrected chi connectivity index (χ0v) is 12.0. The Kier molecular flexibility index (Phi) is 4.98. The number of aliphatic carboxylic acids is 1. The van der Waals surface area contributed by atoms with Crippen LogP contribution in [0.4, 0.5) is 4.79 Å². The Labute approximate surface area is 124 Å². The quantitative estimate of drug-likeness (QED) is 0.844. The number of amides is 2. The van der Waals surface area contributed by atoms with Gasteiger partial charge in [0.1, 0.15) is 6.04 Å². The third-order valence-electron chi connectivity index (χ3n) is 3.37. The fraction of sp³-hybridized carbons (Fsp3) is 0.375. The van der Waals surface area contributed by atoms with E-state index in [0.29, 0.717) is 6.54 Å². The van der Waals surface area contributed by atoms with Crippen molar-refractivity contribution in [2.45, 2.75) is 31.8 Å². The van der Waals surface area contributed by atoms with Crippen molar-refractivity contribution in [3.05, 3.63) is 42.0 Å². The highest BCUT2D eigenvalue weighted by molar-refractivity contribution is 5.82. The van der Waals surface area contributed by atoms with E-state index in [0.717, 1.165) is 18.4 Å². The maximum absolute atomic E-state index is 12.1. The van der Waals surface area contributed by atoms with Gasteiger partial charge in [-0.25, -0.2) is 4.79 Å². The summed E-state index contributed by atoms with van der Waals surface area (Å²) >= 11 is 0. The molecule has 2 rings (SSSR count). The molecule has 1 aromatic carbocycles. The van der Waals surface area contributed by atoms with Crippen LogP contribution in [0.2, 0.25) is 0 Å². The van der Waals surface area contributed by atoms with E-state index in [2.05, 4.69) is 5.32 Å². The minimum Gasteiger partial charge on any atom is -0.480 e. The summed E-state index contributed by atoms with van der Waals surface area (Å²) in [6.45, 7) is 1.95. The first-order valence-corrected chi connectivity index (χ1v) is 7.09. The molecule has 1 aliphatic rings. The second kappa shape index (κ2) is 6.92. The van der Waals surface area contributed by atoms with Crippen LogP contribution in [0.25, 0.3) is 6.08 Å². The first-order valence-electron chi connectivity index (χ1n) is 7.09. The number of carboxylic acid groups (broad SMARTS) is 1. The van der Waals surface area contributed by atoms with E-state index in [1.54, 1.807) is 4.90 Å². The minimum absolute atomic E-state index is 0.228. The third-order valence-corrected chi connectivity index (χ3v) is 3.37. The Hall–Kier alpha value is -2.30. The highest BCUT2D eigenvalue weighted by Gasteiger charge is 2.32. The topological polar surface area (TPSA) is 69.6 Å². The molecule has 0 radical (unpaired) electrons. The lowest BCUT2D eigenvalue weighted by Crippen LogP contribution is -2.47. The molecule has 112 valence electrons. The van der Waals surface area contributed by atoms with Crippen LogP contribution in [0, 0.1) is 0 Å². The lowest BCUT2D eigenvalue weighted by atomic mass is 10.2. The van der Waals surface area contributed by atoms with E-state index in [1.807, 2.05) is 42.5 Å². The summed E-state index contributed by atoms with van der Waals surface area (Å²) in [5.41, 5.74) is 1.08. The predicted molar refractivity (Wildman–Crippen MR) is 80.8 cm³/mol. The van der Waals surface area contributed by atoms with Crippen molar-refractivity contribution in [1.29, 1.82) is 0 Å². The van der Waals surface area contributed by atoms with Gasteiger partial charge in [-0.2, -0.15) is 0 Å². The van der Waals surface area contributed by atoms with Gasteiger partial charge in [-0.1, -0.05) is 42.5 Å². The van der Waals surface area contributed by atoms with Gasteiger partial charge in [0.2, 0.25) is 0 Å². The van der Waals surface area contributed by atoms with Gasteiger partial charge in [-0.3, -0.25) is 4.79 Å². The molecule has 1 aliphatic carbocycles. The normalized spacial score (nSPS) is 15.7. The number of nitrogens with zero attached hydrogens (tertiary/aromatic N) is 1. The number of hydrogen-bond acceptors (Lipinski definition) is 2. The van der Waals surface area contributed by atoms with E-state index >= 15 is 0 Å². The van der Waals surface area contributed by atoms with Crippen LogP contribution in [0.3, 0.4) is 0 Å². The summed E-state index contributed by atoms with van der Waals surface area (Å²) < 4.78 is 0. The van der Waals surface area contributed by atoms with Crippen LogP contribution in [-0.4, -0.2) is 40.6 Å². The fourth-order valence-corrected chi connectivity index (χ4v) is 1.98. The van der Waals surface area contributed by atoms with E-state index < -0.39 is 12.0 Å². The zero-order valence-electron chi connectivity index (χ0n) is 12.0. The minimum atomic E-state index is -1.03. The molecule has 0 unspecified atom stereocenters. The molecule has 1 fully saturated rings. The first-order chi connectivity index (χ1) is 10.1. The summed E-state index contributed by atoms with van der Waals surface area (Å²) in [6, 6.07) is 8.89. The highest BCUT2D eigenvalue weighted by atomic mass is 16.4. The van der Waals surface area contributed by atoms with Crippen molar-refractivity contribution in [2.75, 3.05) is 6.54 Å². The number of carbonyl (C=O) groups excluding carboxylic acids is 1. The van der Waals surface area contributed by atoms with E-state index in [-0.39, 0.29) is 12.1 Å². The largest absolute Gasteiger partial charge is 0.480 e. The predicted octanol–water partition coefficient (Wildman–Crippen LogP) is 2.35. The van der Waals surface area contributed by atoms with Crippen LogP contribution >= 0.6 is 0 Å². The average molecular weight is 288 g/mol. The Balaban J connectivity index is 1.92. The summed E-state index contributed by atoms with van der Waals surface area (Å²) in [5, 5.41) is 11.3. The molecule has 5 heteroatoms. The highest BCUT2D eigenvalue weighted by Crippen LogP contribution is 2.26. The van der Waals surface area contributed by atoms with Gasteiger partial charge < -0.3 is 15.3 Å². The van der Waals surface area contributed by atoms with Crippen molar-refractivity contribution >= 4 is 18.1 Å². The van der Waals surface area contributed by atoms with Gasteiger partial charge in [0.15, 0.2) is 0 Å². The molecule has 1 saturated carbocycles. The summed E-state index contributed by atoms with van der Waals surface area (Å²) in [4.78, 5) is 24.6. The number of rotatable bonds is 6. The van der Waals surface area contributed by atoms with Crippen LogP contribution in [0.5, 0.6) is 0 Å². The standard InChI is InChI=1S/C16H20N2O3/c1-12(15(19)20)17-16(21)18(14-9-10-14)11-5-8-13-6-3-2-4-7-13/h2-8,12,14H,9-11H2,1H3,(H,17,21)(H,19,20)/b8-5+/t12-/m1/s1. The molecule has 5 nitrogen and oxygen atoms in total. The van der Waals surface area contributed by atoms with Crippen molar-refractivity contribution < 1.29 is 14.7 Å². The lowest BCUT2D eigenvalue weighted by Gasteiger charge is -2.22. The van der Waals surface area contributed by atoms with Crippen molar-refractivity contribution in [3.63, 3.8) is 0 Å². The number of hydrogen-bond donors (Lipinski definition) is 2. The first kappa shape index (κ1) is 15.1. The number of carbonyl (C=O) groups is 2. The lowest BCUT2D eigenvalue weighted by molar-refractivity contribution is -0.138. The SMILES string of the molecule is C[C@@H](NC(=O)N(C/C=C/c1ccccc1)C1CC1)C(=O)O. The maximum Gasteiger partial charge on any atom is 0.325 e.